The lowest BCUT2D eigenvalue weighted by molar-refractivity contribution is 0.663. The van der Waals surface area contributed by atoms with Gasteiger partial charge in [-0.2, -0.15) is 0 Å². The Hall–Kier alpha value is -7.05. The third-order valence-electron chi connectivity index (χ3n) is 9.86. The Kier molecular flexibility index (Phi) is 5.86. The Labute approximate surface area is 290 Å². The lowest BCUT2D eigenvalue weighted by atomic mass is 10.0. The zero-order chi connectivity index (χ0) is 33.5. The molecule has 0 N–H and O–H groups in total. The van der Waals surface area contributed by atoms with E-state index in [1.54, 1.807) is 0 Å². The van der Waals surface area contributed by atoms with Gasteiger partial charge in [-0.25, -0.2) is 15.0 Å². The summed E-state index contributed by atoms with van der Waals surface area (Å²) in [4.78, 5) is 14.9. The molecule has 51 heavy (non-hydrogen) atoms. The zero-order valence-corrected chi connectivity index (χ0v) is 27.1. The highest BCUT2D eigenvalue weighted by atomic mass is 16.3. The monoisotopic (exact) mass is 654 g/mol. The number of rotatable bonds is 4. The van der Waals surface area contributed by atoms with Crippen LogP contribution in [0.25, 0.3) is 106 Å². The van der Waals surface area contributed by atoms with Crippen LogP contribution in [-0.4, -0.2) is 19.5 Å². The van der Waals surface area contributed by atoms with Crippen LogP contribution in [0.2, 0.25) is 0 Å². The Balaban J connectivity index is 1.20. The number of hydrogen-bond donors (Lipinski definition) is 0. The molecule has 0 aliphatic heterocycles. The minimum atomic E-state index is 0.548. The van der Waals surface area contributed by atoms with Crippen LogP contribution in [0.15, 0.2) is 167 Å². The minimum absolute atomic E-state index is 0.548. The molecule has 6 heteroatoms. The molecule has 0 amide bonds. The van der Waals surface area contributed by atoms with Gasteiger partial charge in [0.1, 0.15) is 22.3 Å². The quantitative estimate of drug-likeness (QED) is 0.189. The van der Waals surface area contributed by atoms with Gasteiger partial charge in [-0.15, -0.1) is 0 Å². The molecule has 0 saturated carbocycles. The van der Waals surface area contributed by atoms with E-state index < -0.39 is 0 Å². The van der Waals surface area contributed by atoms with Crippen LogP contribution in [0.5, 0.6) is 0 Å². The van der Waals surface area contributed by atoms with Gasteiger partial charge >= 0.3 is 0 Å². The molecule has 0 unspecified atom stereocenters. The molecule has 0 bridgehead atoms. The second-order valence-corrected chi connectivity index (χ2v) is 12.8. The second-order valence-electron chi connectivity index (χ2n) is 12.8. The van der Waals surface area contributed by atoms with Crippen LogP contribution in [-0.2, 0) is 0 Å². The lowest BCUT2D eigenvalue weighted by Gasteiger charge is -2.09. The van der Waals surface area contributed by atoms with Gasteiger partial charge in [-0.3, -0.25) is 0 Å². The van der Waals surface area contributed by atoms with Crippen molar-refractivity contribution in [1.29, 1.82) is 0 Å². The van der Waals surface area contributed by atoms with Crippen molar-refractivity contribution in [3.63, 3.8) is 0 Å². The SMILES string of the molecule is c1ccc(-c2nc(-c3ccccc3)nc(-c3cccc4c3oc3c4ccc4oc5cccc(-n6c7ccccc7c7ccccc76)c5c43)n2)cc1. The summed E-state index contributed by atoms with van der Waals surface area (Å²) in [7, 11) is 0. The van der Waals surface area contributed by atoms with E-state index >= 15 is 0 Å². The Morgan fingerprint density at radius 3 is 1.61 bits per heavy atom. The molecule has 11 aromatic rings. The highest BCUT2D eigenvalue weighted by Crippen LogP contribution is 2.44. The van der Waals surface area contributed by atoms with Crippen LogP contribution in [0.3, 0.4) is 0 Å². The average molecular weight is 655 g/mol. The summed E-state index contributed by atoms with van der Waals surface area (Å²) >= 11 is 0. The number of para-hydroxylation sites is 3. The van der Waals surface area contributed by atoms with E-state index in [1.165, 1.54) is 10.8 Å². The van der Waals surface area contributed by atoms with Crippen molar-refractivity contribution in [1.82, 2.24) is 19.5 Å². The van der Waals surface area contributed by atoms with Crippen LogP contribution < -0.4 is 0 Å². The molecule has 0 atom stereocenters. The van der Waals surface area contributed by atoms with Crippen molar-refractivity contribution in [2.75, 3.05) is 0 Å². The number of fused-ring (bicyclic) bond motifs is 10. The number of hydrogen-bond acceptors (Lipinski definition) is 5. The number of aromatic nitrogens is 4. The van der Waals surface area contributed by atoms with Crippen LogP contribution in [0, 0.1) is 0 Å². The smallest absolute Gasteiger partial charge is 0.167 e. The Morgan fingerprint density at radius 2 is 0.922 bits per heavy atom. The molecule has 0 radical (unpaired) electrons. The minimum Gasteiger partial charge on any atom is -0.456 e. The van der Waals surface area contributed by atoms with Crippen molar-refractivity contribution in [3.05, 3.63) is 158 Å². The summed E-state index contributed by atoms with van der Waals surface area (Å²) in [5.41, 5.74) is 8.99. The fourth-order valence-corrected chi connectivity index (χ4v) is 7.61. The van der Waals surface area contributed by atoms with Gasteiger partial charge in [0.25, 0.3) is 0 Å². The first-order valence-corrected chi connectivity index (χ1v) is 17.0. The van der Waals surface area contributed by atoms with E-state index in [0.29, 0.717) is 23.1 Å². The summed E-state index contributed by atoms with van der Waals surface area (Å²) in [5, 5.41) is 6.34. The predicted molar refractivity (Wildman–Crippen MR) is 205 cm³/mol. The second kappa shape index (κ2) is 10.7. The van der Waals surface area contributed by atoms with Crippen molar-refractivity contribution in [2.24, 2.45) is 0 Å². The fraction of sp³-hybridized carbons (Fsp3) is 0. The maximum Gasteiger partial charge on any atom is 0.167 e. The maximum atomic E-state index is 6.99. The fourth-order valence-electron chi connectivity index (χ4n) is 7.61. The highest BCUT2D eigenvalue weighted by Gasteiger charge is 2.23. The summed E-state index contributed by atoms with van der Waals surface area (Å²) < 4.78 is 15.9. The molecule has 0 aliphatic rings. The summed E-state index contributed by atoms with van der Waals surface area (Å²) in [6, 6.07) is 53.8. The molecule has 0 aliphatic carbocycles. The van der Waals surface area contributed by atoms with Crippen molar-refractivity contribution in [2.45, 2.75) is 0 Å². The largest absolute Gasteiger partial charge is 0.456 e. The highest BCUT2D eigenvalue weighted by molar-refractivity contribution is 6.25. The topological polar surface area (TPSA) is 69.9 Å². The molecular weight excluding hydrogens is 629 g/mol. The van der Waals surface area contributed by atoms with Gasteiger partial charge in [0.05, 0.1) is 33.1 Å². The van der Waals surface area contributed by atoms with Gasteiger partial charge < -0.3 is 13.4 Å². The van der Waals surface area contributed by atoms with E-state index in [1.807, 2.05) is 78.9 Å². The zero-order valence-electron chi connectivity index (χ0n) is 27.1. The lowest BCUT2D eigenvalue weighted by Crippen LogP contribution is -2.00. The number of nitrogens with zero attached hydrogens (tertiary/aromatic N) is 4. The molecule has 0 saturated heterocycles. The molecule has 4 aromatic heterocycles. The molecule has 0 fully saturated rings. The Morgan fingerprint density at radius 1 is 0.373 bits per heavy atom. The van der Waals surface area contributed by atoms with E-state index in [-0.39, 0.29) is 0 Å². The van der Waals surface area contributed by atoms with E-state index in [0.717, 1.165) is 71.7 Å². The van der Waals surface area contributed by atoms with E-state index in [9.17, 15) is 0 Å². The molecule has 7 aromatic carbocycles. The molecule has 11 rings (SSSR count). The normalized spacial score (nSPS) is 11.9. The van der Waals surface area contributed by atoms with Crippen LogP contribution in [0.4, 0.5) is 0 Å². The Bertz CT molecular complexity index is 3030. The number of furan rings is 2. The first kappa shape index (κ1) is 27.9. The van der Waals surface area contributed by atoms with Crippen molar-refractivity contribution >= 4 is 65.7 Å². The van der Waals surface area contributed by atoms with Crippen LogP contribution >= 0.6 is 0 Å². The summed E-state index contributed by atoms with van der Waals surface area (Å²) in [5.74, 6) is 1.75. The first-order chi connectivity index (χ1) is 25.3. The van der Waals surface area contributed by atoms with Crippen molar-refractivity contribution in [3.8, 4) is 39.9 Å². The van der Waals surface area contributed by atoms with E-state index in [4.69, 9.17) is 23.8 Å². The third-order valence-corrected chi connectivity index (χ3v) is 9.86. The van der Waals surface area contributed by atoms with Gasteiger partial charge in [-0.05, 0) is 42.5 Å². The molecule has 0 spiro atoms. The van der Waals surface area contributed by atoms with Crippen LogP contribution in [0.1, 0.15) is 0 Å². The summed E-state index contributed by atoms with van der Waals surface area (Å²) in [6.07, 6.45) is 0. The predicted octanol–water partition coefficient (Wildman–Crippen LogP) is 11.8. The van der Waals surface area contributed by atoms with E-state index in [2.05, 4.69) is 83.4 Å². The average Bonchev–Trinajstić information content (AvgIpc) is 3.88. The molecular formula is C45H26N4O2. The van der Waals surface area contributed by atoms with Gasteiger partial charge in [0.15, 0.2) is 17.5 Å². The first-order valence-electron chi connectivity index (χ1n) is 17.0. The van der Waals surface area contributed by atoms with Gasteiger partial charge in [-0.1, -0.05) is 115 Å². The maximum absolute atomic E-state index is 6.99. The van der Waals surface area contributed by atoms with Gasteiger partial charge in [0.2, 0.25) is 0 Å². The molecule has 6 nitrogen and oxygen atoms in total. The van der Waals surface area contributed by atoms with Gasteiger partial charge in [0, 0.05) is 32.7 Å². The van der Waals surface area contributed by atoms with Crippen molar-refractivity contribution < 1.29 is 8.83 Å². The molecule has 4 heterocycles. The number of benzene rings is 7. The summed E-state index contributed by atoms with van der Waals surface area (Å²) in [6.45, 7) is 0. The standard InChI is InChI=1S/C45H26N4O2/c1-3-13-27(14-4-1)43-46-44(28-15-5-2-6-16-28)48-45(47-43)33-20-11-19-31-32-25-26-38-40(42(32)51-41(31)33)39-36(23-12-24-37(39)50-38)49-34-21-9-7-17-29(34)30-18-8-10-22-35(30)49/h1-26H. The third kappa shape index (κ3) is 4.14. The molecule has 238 valence electrons.